The van der Waals surface area contributed by atoms with Gasteiger partial charge in [0.25, 0.3) is 5.91 Å². The van der Waals surface area contributed by atoms with Gasteiger partial charge in [0.15, 0.2) is 0 Å². The summed E-state index contributed by atoms with van der Waals surface area (Å²) in [5, 5.41) is 4.98. The van der Waals surface area contributed by atoms with Gasteiger partial charge >= 0.3 is 0 Å². The summed E-state index contributed by atoms with van der Waals surface area (Å²) >= 11 is 0. The number of rotatable bonds is 4. The molecule has 0 radical (unpaired) electrons. The summed E-state index contributed by atoms with van der Waals surface area (Å²) in [5.41, 5.74) is 5.37. The van der Waals surface area contributed by atoms with E-state index in [0.29, 0.717) is 17.2 Å². The number of allylic oxidation sites excluding steroid dienone is 2. The van der Waals surface area contributed by atoms with E-state index in [2.05, 4.69) is 32.6 Å². The van der Waals surface area contributed by atoms with E-state index >= 15 is 0 Å². The number of benzene rings is 1. The molecule has 0 spiro atoms. The third-order valence-electron chi connectivity index (χ3n) is 4.65. The molecule has 1 aromatic carbocycles. The third-order valence-corrected chi connectivity index (χ3v) is 4.65. The second-order valence-electron chi connectivity index (χ2n) is 6.55. The van der Waals surface area contributed by atoms with Crippen molar-refractivity contribution in [3.8, 4) is 11.4 Å². The molecule has 4 rings (SSSR count). The van der Waals surface area contributed by atoms with E-state index < -0.39 is 0 Å². The molecule has 0 bridgehead atoms. The van der Waals surface area contributed by atoms with Gasteiger partial charge in [0.2, 0.25) is 0 Å². The minimum atomic E-state index is -0.242. The van der Waals surface area contributed by atoms with Crippen LogP contribution in [-0.4, -0.2) is 22.1 Å². The number of nitrogens with zero attached hydrogens (tertiary/aromatic N) is 3. The molecule has 2 heterocycles. The Morgan fingerprint density at radius 3 is 2.81 bits per heavy atom. The van der Waals surface area contributed by atoms with Crippen LogP contribution in [0.25, 0.3) is 22.3 Å². The molecule has 0 unspecified atom stereocenters. The van der Waals surface area contributed by atoms with Crippen molar-refractivity contribution >= 4 is 23.0 Å². The maximum atomic E-state index is 12.8. The number of para-hydroxylation sites is 1. The predicted octanol–water partition coefficient (Wildman–Crippen LogP) is 4.37. The zero-order chi connectivity index (χ0) is 18.5. The highest BCUT2D eigenvalue weighted by Gasteiger charge is 2.14. The summed E-state index contributed by atoms with van der Waals surface area (Å²) in [4.78, 5) is 21.8. The Morgan fingerprint density at radius 2 is 2.00 bits per heavy atom. The molecule has 0 fully saturated rings. The normalized spacial score (nSPS) is 16.7. The van der Waals surface area contributed by atoms with Gasteiger partial charge in [-0.05, 0) is 49.4 Å². The van der Waals surface area contributed by atoms with Crippen LogP contribution in [0.5, 0.6) is 0 Å². The lowest BCUT2D eigenvalue weighted by atomic mass is 9.96. The first-order valence-electron chi connectivity index (χ1n) is 9.11. The zero-order valence-corrected chi connectivity index (χ0v) is 14.9. The molecule has 1 atom stereocenters. The van der Waals surface area contributed by atoms with E-state index in [1.54, 1.807) is 12.3 Å². The zero-order valence-electron chi connectivity index (χ0n) is 14.9. The Balaban J connectivity index is 1.64. The van der Waals surface area contributed by atoms with Gasteiger partial charge in [-0.25, -0.2) is 10.4 Å². The molecule has 1 N–H and O–H groups in total. The predicted molar refractivity (Wildman–Crippen MR) is 107 cm³/mol. The number of hydrogen-bond acceptors (Lipinski definition) is 4. The van der Waals surface area contributed by atoms with Crippen molar-refractivity contribution in [3.05, 3.63) is 72.4 Å². The van der Waals surface area contributed by atoms with Crippen molar-refractivity contribution in [1.29, 1.82) is 0 Å². The van der Waals surface area contributed by atoms with Crippen molar-refractivity contribution in [2.24, 2.45) is 11.0 Å². The Labute approximate surface area is 157 Å². The van der Waals surface area contributed by atoms with Gasteiger partial charge < -0.3 is 0 Å². The number of carbonyl (C=O) groups excluding carboxylic acids is 1. The number of hydrazone groups is 1. The summed E-state index contributed by atoms with van der Waals surface area (Å²) in [6.45, 7) is 0. The topological polar surface area (TPSA) is 67.2 Å². The van der Waals surface area contributed by atoms with E-state index in [1.165, 1.54) is 0 Å². The van der Waals surface area contributed by atoms with Gasteiger partial charge in [-0.2, -0.15) is 5.10 Å². The van der Waals surface area contributed by atoms with Crippen LogP contribution in [0.2, 0.25) is 0 Å². The summed E-state index contributed by atoms with van der Waals surface area (Å²) in [6.07, 6.45) is 11.0. The van der Waals surface area contributed by atoms with Gasteiger partial charge in [0.05, 0.1) is 22.5 Å². The van der Waals surface area contributed by atoms with Crippen LogP contribution in [0.1, 0.15) is 29.6 Å². The van der Waals surface area contributed by atoms with Crippen molar-refractivity contribution in [3.63, 3.8) is 0 Å². The Morgan fingerprint density at radius 1 is 1.11 bits per heavy atom. The first-order valence-corrected chi connectivity index (χ1v) is 9.11. The molecule has 5 nitrogen and oxygen atoms in total. The second kappa shape index (κ2) is 7.91. The Hall–Kier alpha value is -3.34. The van der Waals surface area contributed by atoms with Crippen molar-refractivity contribution in [1.82, 2.24) is 15.4 Å². The van der Waals surface area contributed by atoms with Crippen LogP contribution in [0, 0.1) is 5.92 Å². The van der Waals surface area contributed by atoms with Crippen LogP contribution in [0.15, 0.2) is 72.0 Å². The number of pyridine rings is 2. The highest BCUT2D eigenvalue weighted by Crippen LogP contribution is 2.23. The number of hydrogen-bond donors (Lipinski definition) is 1. The lowest BCUT2D eigenvalue weighted by Crippen LogP contribution is -2.19. The number of amides is 1. The molecule has 1 aliphatic rings. The van der Waals surface area contributed by atoms with E-state index in [-0.39, 0.29) is 5.91 Å². The van der Waals surface area contributed by atoms with Crippen LogP contribution < -0.4 is 5.43 Å². The molecular formula is C22H20N4O. The van der Waals surface area contributed by atoms with E-state index in [9.17, 15) is 4.79 Å². The van der Waals surface area contributed by atoms with Crippen molar-refractivity contribution in [2.45, 2.75) is 19.3 Å². The fourth-order valence-electron chi connectivity index (χ4n) is 3.22. The van der Waals surface area contributed by atoms with Gasteiger partial charge in [0.1, 0.15) is 0 Å². The Bertz CT molecular complexity index is 1010. The van der Waals surface area contributed by atoms with Crippen LogP contribution in [0.3, 0.4) is 0 Å². The van der Waals surface area contributed by atoms with E-state index in [4.69, 9.17) is 0 Å². The minimum absolute atomic E-state index is 0.242. The first-order chi connectivity index (χ1) is 13.3. The van der Waals surface area contributed by atoms with E-state index in [0.717, 1.165) is 35.9 Å². The molecule has 5 heteroatoms. The van der Waals surface area contributed by atoms with Crippen LogP contribution in [0.4, 0.5) is 0 Å². The Kier molecular flexibility index (Phi) is 5.01. The summed E-state index contributed by atoms with van der Waals surface area (Å²) in [6, 6.07) is 15.0. The third kappa shape index (κ3) is 3.92. The maximum absolute atomic E-state index is 12.8. The molecule has 0 saturated heterocycles. The monoisotopic (exact) mass is 356 g/mol. The molecular weight excluding hydrogens is 336 g/mol. The lowest BCUT2D eigenvalue weighted by Gasteiger charge is -2.12. The quantitative estimate of drug-likeness (QED) is 0.429. The number of aromatic nitrogens is 2. The first kappa shape index (κ1) is 17.1. The fourth-order valence-corrected chi connectivity index (χ4v) is 3.22. The van der Waals surface area contributed by atoms with Crippen LogP contribution in [-0.2, 0) is 0 Å². The van der Waals surface area contributed by atoms with E-state index in [1.807, 2.05) is 48.7 Å². The summed E-state index contributed by atoms with van der Waals surface area (Å²) in [5.74, 6) is 0.141. The van der Waals surface area contributed by atoms with Crippen LogP contribution >= 0.6 is 0 Å². The van der Waals surface area contributed by atoms with Gasteiger partial charge in [-0.1, -0.05) is 36.4 Å². The van der Waals surface area contributed by atoms with Gasteiger partial charge in [0, 0.05) is 17.8 Å². The van der Waals surface area contributed by atoms with Gasteiger partial charge in [-0.15, -0.1) is 0 Å². The smallest absolute Gasteiger partial charge is 0.267 e. The average molecular weight is 356 g/mol. The molecule has 2 aromatic heterocycles. The summed E-state index contributed by atoms with van der Waals surface area (Å²) in [7, 11) is 0. The molecule has 0 saturated carbocycles. The summed E-state index contributed by atoms with van der Waals surface area (Å²) < 4.78 is 0. The minimum Gasteiger partial charge on any atom is -0.267 e. The maximum Gasteiger partial charge on any atom is 0.272 e. The highest BCUT2D eigenvalue weighted by molar-refractivity contribution is 6.07. The molecule has 3 aromatic rings. The number of fused-ring (bicyclic) bond motifs is 1. The average Bonchev–Trinajstić information content (AvgIpc) is 2.74. The molecule has 27 heavy (non-hydrogen) atoms. The second-order valence-corrected chi connectivity index (χ2v) is 6.55. The lowest BCUT2D eigenvalue weighted by molar-refractivity contribution is 0.0956. The molecule has 134 valence electrons. The highest BCUT2D eigenvalue weighted by atomic mass is 16.2. The van der Waals surface area contributed by atoms with Gasteiger partial charge in [-0.3, -0.25) is 9.78 Å². The molecule has 1 amide bonds. The largest absolute Gasteiger partial charge is 0.272 e. The number of nitrogens with one attached hydrogen (secondary N) is 1. The SMILES string of the molecule is O=C(N/N=C\[C@H]1CC=CCC1)c1cc(-c2ccccn2)nc2ccccc12. The molecule has 0 aliphatic heterocycles. The van der Waals surface area contributed by atoms with Crippen molar-refractivity contribution in [2.75, 3.05) is 0 Å². The standard InChI is InChI=1S/C22H20N4O/c27-22(26-24-15-16-8-2-1-3-9-16)18-14-21(20-12-6-7-13-23-20)25-19-11-5-4-10-17(18)19/h1-2,4-7,10-16H,3,8-9H2,(H,26,27)/b24-15-/t16-/m0/s1. The molecule has 1 aliphatic carbocycles. The van der Waals surface area contributed by atoms with Crippen molar-refractivity contribution < 1.29 is 4.79 Å². The fraction of sp³-hybridized carbons (Fsp3) is 0.182. The number of carbonyl (C=O) groups is 1.